The van der Waals surface area contributed by atoms with E-state index < -0.39 is 5.54 Å². The van der Waals surface area contributed by atoms with Crippen LogP contribution in [-0.4, -0.2) is 42.5 Å². The van der Waals surface area contributed by atoms with Crippen LogP contribution < -0.4 is 20.1 Å². The Morgan fingerprint density at radius 2 is 1.76 bits per heavy atom. The Kier molecular flexibility index (Phi) is 5.20. The maximum atomic E-state index is 13.2. The summed E-state index contributed by atoms with van der Waals surface area (Å²) in [4.78, 5) is 32.3. The Hall–Kier alpha value is -4.33. The van der Waals surface area contributed by atoms with Gasteiger partial charge < -0.3 is 25.0 Å². The molecule has 2 aliphatic rings. The van der Waals surface area contributed by atoms with Gasteiger partial charge >= 0.3 is 0 Å². The largest absolute Gasteiger partial charge is 0.497 e. The molecule has 2 amide bonds. The third kappa shape index (κ3) is 3.53. The summed E-state index contributed by atoms with van der Waals surface area (Å²) >= 11 is 0. The highest BCUT2D eigenvalue weighted by Gasteiger charge is 2.48. The molecule has 0 spiro atoms. The third-order valence-electron chi connectivity index (χ3n) is 6.30. The van der Waals surface area contributed by atoms with Crippen molar-refractivity contribution in [1.82, 2.24) is 20.5 Å². The first-order valence-corrected chi connectivity index (χ1v) is 10.8. The van der Waals surface area contributed by atoms with Crippen molar-refractivity contribution in [3.8, 4) is 22.6 Å². The van der Waals surface area contributed by atoms with Gasteiger partial charge in [-0.15, -0.1) is 0 Å². The fraction of sp³-hybridized carbons (Fsp3) is 0.192. The summed E-state index contributed by atoms with van der Waals surface area (Å²) in [6.45, 7) is 4.44. The minimum absolute atomic E-state index is 0.139. The second-order valence-corrected chi connectivity index (χ2v) is 8.34. The maximum absolute atomic E-state index is 13.2. The van der Waals surface area contributed by atoms with E-state index in [9.17, 15) is 9.59 Å². The molecule has 1 fully saturated rings. The molecule has 3 heterocycles. The van der Waals surface area contributed by atoms with E-state index in [2.05, 4.69) is 22.2 Å². The fourth-order valence-electron chi connectivity index (χ4n) is 4.51. The van der Waals surface area contributed by atoms with Gasteiger partial charge in [-0.25, -0.2) is 0 Å². The molecule has 1 atom stereocenters. The summed E-state index contributed by atoms with van der Waals surface area (Å²) in [5.41, 5.74) is 2.88. The number of pyridine rings is 1. The molecule has 8 nitrogen and oxygen atoms in total. The SMILES string of the molecule is C=C1NC(=O)[C@](CN2Cc3ccc(OC)cc3C2=O)(c2ccc(-c3cncc(OC)c3)cc2)N1. The van der Waals surface area contributed by atoms with Crippen LogP contribution in [0.2, 0.25) is 0 Å². The van der Waals surface area contributed by atoms with Crippen LogP contribution in [0.4, 0.5) is 0 Å². The van der Waals surface area contributed by atoms with E-state index in [0.29, 0.717) is 29.4 Å². The van der Waals surface area contributed by atoms with E-state index in [0.717, 1.165) is 22.3 Å². The Balaban J connectivity index is 1.47. The summed E-state index contributed by atoms with van der Waals surface area (Å²) in [7, 11) is 3.16. The number of carbonyl (C=O) groups is 2. The van der Waals surface area contributed by atoms with Crippen LogP contribution in [0.3, 0.4) is 0 Å². The first kappa shape index (κ1) is 21.5. The summed E-state index contributed by atoms with van der Waals surface area (Å²) in [6.07, 6.45) is 3.40. The van der Waals surface area contributed by atoms with Crippen LogP contribution in [0.25, 0.3) is 11.1 Å². The number of benzene rings is 2. The monoisotopic (exact) mass is 456 g/mol. The lowest BCUT2D eigenvalue weighted by Gasteiger charge is -2.32. The highest BCUT2D eigenvalue weighted by atomic mass is 16.5. The van der Waals surface area contributed by atoms with E-state index in [4.69, 9.17) is 9.47 Å². The fourth-order valence-corrected chi connectivity index (χ4v) is 4.51. The van der Waals surface area contributed by atoms with Crippen molar-refractivity contribution < 1.29 is 19.1 Å². The third-order valence-corrected chi connectivity index (χ3v) is 6.30. The number of hydrogen-bond acceptors (Lipinski definition) is 6. The van der Waals surface area contributed by atoms with Crippen LogP contribution in [-0.2, 0) is 16.9 Å². The number of nitrogens with one attached hydrogen (secondary N) is 2. The molecule has 172 valence electrons. The molecule has 0 aliphatic carbocycles. The maximum Gasteiger partial charge on any atom is 0.257 e. The van der Waals surface area contributed by atoms with Gasteiger partial charge in [-0.05, 0) is 34.9 Å². The lowest BCUT2D eigenvalue weighted by Crippen LogP contribution is -2.52. The van der Waals surface area contributed by atoms with Crippen molar-refractivity contribution in [3.05, 3.63) is 90.0 Å². The minimum Gasteiger partial charge on any atom is -0.497 e. The van der Waals surface area contributed by atoms with Gasteiger partial charge in [0.2, 0.25) is 0 Å². The van der Waals surface area contributed by atoms with Gasteiger partial charge in [0.05, 0.1) is 32.8 Å². The van der Waals surface area contributed by atoms with Crippen molar-refractivity contribution in [2.24, 2.45) is 0 Å². The van der Waals surface area contributed by atoms with Crippen LogP contribution in [0.5, 0.6) is 11.5 Å². The molecule has 8 heteroatoms. The lowest BCUT2D eigenvalue weighted by molar-refractivity contribution is -0.124. The zero-order chi connectivity index (χ0) is 23.9. The molecule has 2 aromatic carbocycles. The van der Waals surface area contributed by atoms with Crippen LogP contribution >= 0.6 is 0 Å². The van der Waals surface area contributed by atoms with Gasteiger partial charge in [0.1, 0.15) is 11.5 Å². The molecule has 5 rings (SSSR count). The number of fused-ring (bicyclic) bond motifs is 1. The number of nitrogens with zero attached hydrogens (tertiary/aromatic N) is 2. The topological polar surface area (TPSA) is 92.8 Å². The van der Waals surface area contributed by atoms with E-state index in [1.807, 2.05) is 42.5 Å². The summed E-state index contributed by atoms with van der Waals surface area (Å²) in [5, 5.41) is 5.97. The molecule has 2 N–H and O–H groups in total. The molecular formula is C26H24N4O4. The zero-order valence-electron chi connectivity index (χ0n) is 18.9. The van der Waals surface area contributed by atoms with Gasteiger partial charge in [0, 0.05) is 23.9 Å². The van der Waals surface area contributed by atoms with Gasteiger partial charge in [0.15, 0.2) is 5.54 Å². The lowest BCUT2D eigenvalue weighted by atomic mass is 9.88. The first-order chi connectivity index (χ1) is 16.4. The van der Waals surface area contributed by atoms with Gasteiger partial charge in [0.25, 0.3) is 11.8 Å². The van der Waals surface area contributed by atoms with Gasteiger partial charge in [-0.2, -0.15) is 0 Å². The number of rotatable bonds is 6. The average molecular weight is 457 g/mol. The quantitative estimate of drug-likeness (QED) is 0.593. The molecule has 0 saturated carbocycles. The van der Waals surface area contributed by atoms with Crippen molar-refractivity contribution in [3.63, 3.8) is 0 Å². The Bertz CT molecular complexity index is 1300. The normalized spacial score (nSPS) is 19.0. The van der Waals surface area contributed by atoms with E-state index in [1.165, 1.54) is 0 Å². The highest BCUT2D eigenvalue weighted by molar-refractivity contribution is 6.00. The van der Waals surface area contributed by atoms with Crippen molar-refractivity contribution in [2.75, 3.05) is 20.8 Å². The number of ether oxygens (including phenoxy) is 2. The molecule has 0 bridgehead atoms. The molecule has 0 unspecified atom stereocenters. The van der Waals surface area contributed by atoms with E-state index in [-0.39, 0.29) is 18.4 Å². The van der Waals surface area contributed by atoms with Crippen molar-refractivity contribution in [1.29, 1.82) is 0 Å². The average Bonchev–Trinajstić information content (AvgIpc) is 3.33. The van der Waals surface area contributed by atoms with Crippen LogP contribution in [0.1, 0.15) is 21.5 Å². The van der Waals surface area contributed by atoms with Gasteiger partial charge in [-0.3, -0.25) is 14.6 Å². The number of methoxy groups -OCH3 is 2. The first-order valence-electron chi connectivity index (χ1n) is 10.8. The molecule has 34 heavy (non-hydrogen) atoms. The predicted molar refractivity (Wildman–Crippen MR) is 126 cm³/mol. The zero-order valence-corrected chi connectivity index (χ0v) is 18.9. The predicted octanol–water partition coefficient (Wildman–Crippen LogP) is 2.81. The second kappa shape index (κ2) is 8.22. The summed E-state index contributed by atoms with van der Waals surface area (Å²) in [5.74, 6) is 1.29. The molecular weight excluding hydrogens is 432 g/mol. The standard InChI is InChI=1S/C26H24N4O4/c1-16-28-25(32)26(29-16,15-30-14-18-6-9-21(33-2)11-23(18)24(30)31)20-7-4-17(5-8-20)19-10-22(34-3)13-27-12-19/h4-13,29H,1,14-15H2,2-3H3,(H,28,32)/t26-/m0/s1. The van der Waals surface area contributed by atoms with Gasteiger partial charge in [-0.1, -0.05) is 36.9 Å². The molecule has 1 aromatic heterocycles. The second-order valence-electron chi connectivity index (χ2n) is 8.34. The number of carbonyl (C=O) groups excluding carboxylic acids is 2. The number of aromatic nitrogens is 1. The molecule has 1 saturated heterocycles. The molecule has 2 aliphatic heterocycles. The number of amides is 2. The molecule has 0 radical (unpaired) electrons. The van der Waals surface area contributed by atoms with E-state index in [1.54, 1.807) is 37.6 Å². The Morgan fingerprint density at radius 3 is 2.44 bits per heavy atom. The van der Waals surface area contributed by atoms with E-state index >= 15 is 0 Å². The smallest absolute Gasteiger partial charge is 0.257 e. The van der Waals surface area contributed by atoms with Crippen LogP contribution in [0, 0.1) is 0 Å². The van der Waals surface area contributed by atoms with Crippen molar-refractivity contribution in [2.45, 2.75) is 12.1 Å². The number of hydrogen-bond donors (Lipinski definition) is 2. The molecule has 3 aromatic rings. The minimum atomic E-state index is -1.16. The summed E-state index contributed by atoms with van der Waals surface area (Å²) in [6, 6.07) is 15.0. The highest BCUT2D eigenvalue weighted by Crippen LogP contribution is 2.34. The Labute approximate surface area is 197 Å². The van der Waals surface area contributed by atoms with Crippen LogP contribution in [0.15, 0.2) is 73.3 Å². The van der Waals surface area contributed by atoms with Crippen molar-refractivity contribution >= 4 is 11.8 Å². The summed E-state index contributed by atoms with van der Waals surface area (Å²) < 4.78 is 10.5. The Morgan fingerprint density at radius 1 is 1.00 bits per heavy atom.